The summed E-state index contributed by atoms with van der Waals surface area (Å²) < 4.78 is 4.67. The maximum Gasteiger partial charge on any atom is 0.337 e. The normalized spacial score (nSPS) is 11.9. The third-order valence-corrected chi connectivity index (χ3v) is 3.43. The first-order valence-corrected chi connectivity index (χ1v) is 6.61. The minimum absolute atomic E-state index is 0.356. The van der Waals surface area contributed by atoms with Crippen molar-refractivity contribution >= 4 is 29.1 Å². The van der Waals surface area contributed by atoms with Gasteiger partial charge in [0.2, 0.25) is 0 Å². The number of thioether (sulfide) groups is 1. The van der Waals surface area contributed by atoms with E-state index in [1.165, 1.54) is 7.11 Å². The SMILES string of the molecule is COC(=O)c1ccc(N)c(NCC(C)SC)c1. The fraction of sp³-hybridized carbons (Fsp3) is 0.417. The van der Waals surface area contributed by atoms with E-state index in [0.29, 0.717) is 16.5 Å². The molecule has 1 aromatic carbocycles. The molecule has 1 aromatic rings. The molecule has 3 N–H and O–H groups in total. The van der Waals surface area contributed by atoms with Crippen LogP contribution in [0, 0.1) is 0 Å². The molecule has 0 aromatic heterocycles. The van der Waals surface area contributed by atoms with Crippen molar-refractivity contribution in [2.75, 3.05) is 31.0 Å². The van der Waals surface area contributed by atoms with E-state index in [4.69, 9.17) is 5.73 Å². The van der Waals surface area contributed by atoms with Crippen LogP contribution < -0.4 is 11.1 Å². The first-order valence-electron chi connectivity index (χ1n) is 5.33. The molecule has 4 nitrogen and oxygen atoms in total. The van der Waals surface area contributed by atoms with Crippen molar-refractivity contribution < 1.29 is 9.53 Å². The molecule has 0 heterocycles. The van der Waals surface area contributed by atoms with Gasteiger partial charge in [-0.2, -0.15) is 11.8 Å². The van der Waals surface area contributed by atoms with Crippen molar-refractivity contribution in [1.29, 1.82) is 0 Å². The van der Waals surface area contributed by atoms with Crippen molar-refractivity contribution in [3.63, 3.8) is 0 Å². The Bertz CT molecular complexity index is 396. The van der Waals surface area contributed by atoms with E-state index in [9.17, 15) is 4.79 Å². The van der Waals surface area contributed by atoms with Gasteiger partial charge in [-0.05, 0) is 24.5 Å². The molecule has 0 saturated heterocycles. The maximum atomic E-state index is 11.4. The summed E-state index contributed by atoms with van der Waals surface area (Å²) in [5.74, 6) is -0.356. The Balaban J connectivity index is 2.80. The molecule has 0 radical (unpaired) electrons. The molecule has 17 heavy (non-hydrogen) atoms. The van der Waals surface area contributed by atoms with E-state index in [1.807, 2.05) is 0 Å². The second-order valence-electron chi connectivity index (χ2n) is 3.72. The number of hydrogen-bond acceptors (Lipinski definition) is 5. The van der Waals surface area contributed by atoms with Gasteiger partial charge in [-0.1, -0.05) is 6.92 Å². The van der Waals surface area contributed by atoms with Gasteiger partial charge in [-0.15, -0.1) is 0 Å². The summed E-state index contributed by atoms with van der Waals surface area (Å²) in [7, 11) is 1.36. The van der Waals surface area contributed by atoms with Gasteiger partial charge >= 0.3 is 5.97 Å². The standard InChI is InChI=1S/C12H18N2O2S/c1-8(17-3)7-14-11-6-9(12(15)16-2)4-5-10(11)13/h4-6,8,14H,7,13H2,1-3H3. The molecule has 94 valence electrons. The minimum Gasteiger partial charge on any atom is -0.465 e. The van der Waals surface area contributed by atoms with Crippen LogP contribution in [0.5, 0.6) is 0 Å². The van der Waals surface area contributed by atoms with E-state index >= 15 is 0 Å². The molecular weight excluding hydrogens is 236 g/mol. The second kappa shape index (κ2) is 6.39. The quantitative estimate of drug-likeness (QED) is 0.623. The summed E-state index contributed by atoms with van der Waals surface area (Å²) in [4.78, 5) is 11.4. The van der Waals surface area contributed by atoms with Gasteiger partial charge in [0, 0.05) is 11.8 Å². The number of carbonyl (C=O) groups excluding carboxylic acids is 1. The van der Waals surface area contributed by atoms with Crippen LogP contribution in [0.4, 0.5) is 11.4 Å². The van der Waals surface area contributed by atoms with Crippen LogP contribution in [-0.2, 0) is 4.74 Å². The molecule has 0 bridgehead atoms. The number of rotatable bonds is 5. The Morgan fingerprint density at radius 2 is 2.29 bits per heavy atom. The summed E-state index contributed by atoms with van der Waals surface area (Å²) in [5, 5.41) is 3.71. The van der Waals surface area contributed by atoms with Crippen LogP contribution in [0.15, 0.2) is 18.2 Å². The van der Waals surface area contributed by atoms with E-state index in [1.54, 1.807) is 30.0 Å². The number of methoxy groups -OCH3 is 1. The van der Waals surface area contributed by atoms with Crippen molar-refractivity contribution in [3.8, 4) is 0 Å². The largest absolute Gasteiger partial charge is 0.465 e. The fourth-order valence-corrected chi connectivity index (χ4v) is 1.54. The van der Waals surface area contributed by atoms with Gasteiger partial charge in [-0.3, -0.25) is 0 Å². The first-order chi connectivity index (χ1) is 8.08. The molecule has 1 rings (SSSR count). The lowest BCUT2D eigenvalue weighted by Gasteiger charge is -2.13. The van der Waals surface area contributed by atoms with Crippen LogP contribution >= 0.6 is 11.8 Å². The van der Waals surface area contributed by atoms with Crippen molar-refractivity contribution in [2.45, 2.75) is 12.2 Å². The highest BCUT2D eigenvalue weighted by Crippen LogP contribution is 2.21. The zero-order valence-electron chi connectivity index (χ0n) is 10.3. The Morgan fingerprint density at radius 1 is 1.59 bits per heavy atom. The highest BCUT2D eigenvalue weighted by Gasteiger charge is 2.08. The van der Waals surface area contributed by atoms with Crippen molar-refractivity contribution in [1.82, 2.24) is 0 Å². The lowest BCUT2D eigenvalue weighted by Crippen LogP contribution is -2.14. The van der Waals surface area contributed by atoms with E-state index in [2.05, 4.69) is 23.2 Å². The maximum absolute atomic E-state index is 11.4. The molecule has 0 aliphatic carbocycles. The number of nitrogens with two attached hydrogens (primary N) is 1. The number of anilines is 2. The molecule has 0 saturated carbocycles. The zero-order valence-corrected chi connectivity index (χ0v) is 11.1. The Morgan fingerprint density at radius 3 is 2.88 bits per heavy atom. The molecule has 5 heteroatoms. The fourth-order valence-electron chi connectivity index (χ4n) is 1.29. The summed E-state index contributed by atoms with van der Waals surface area (Å²) in [5.41, 5.74) is 7.74. The molecule has 1 atom stereocenters. The third kappa shape index (κ3) is 3.85. The number of nitrogens with one attached hydrogen (secondary N) is 1. The molecule has 0 amide bonds. The van der Waals surface area contributed by atoms with Gasteiger partial charge in [0.1, 0.15) is 0 Å². The molecular formula is C12H18N2O2S. The molecule has 1 unspecified atom stereocenters. The van der Waals surface area contributed by atoms with Crippen LogP contribution in [-0.4, -0.2) is 31.1 Å². The summed E-state index contributed by atoms with van der Waals surface area (Å²) in [6, 6.07) is 5.08. The molecule has 0 aliphatic heterocycles. The van der Waals surface area contributed by atoms with Crippen LogP contribution in [0.1, 0.15) is 17.3 Å². The summed E-state index contributed by atoms with van der Waals surface area (Å²) >= 11 is 1.77. The molecule has 0 fully saturated rings. The summed E-state index contributed by atoms with van der Waals surface area (Å²) in [6.45, 7) is 2.92. The number of ether oxygens (including phenoxy) is 1. The van der Waals surface area contributed by atoms with Gasteiger partial charge < -0.3 is 15.8 Å². The second-order valence-corrected chi connectivity index (χ2v) is 5.00. The number of nitrogen functional groups attached to an aromatic ring is 1. The highest BCUT2D eigenvalue weighted by atomic mass is 32.2. The Labute approximate surface area is 106 Å². The van der Waals surface area contributed by atoms with E-state index in [0.717, 1.165) is 12.2 Å². The van der Waals surface area contributed by atoms with Gasteiger partial charge in [0.15, 0.2) is 0 Å². The number of benzene rings is 1. The van der Waals surface area contributed by atoms with Gasteiger partial charge in [0.25, 0.3) is 0 Å². The van der Waals surface area contributed by atoms with E-state index < -0.39 is 0 Å². The van der Waals surface area contributed by atoms with Crippen LogP contribution in [0.3, 0.4) is 0 Å². The molecule has 0 spiro atoms. The first kappa shape index (κ1) is 13.7. The predicted molar refractivity (Wildman–Crippen MR) is 73.7 cm³/mol. The van der Waals surface area contributed by atoms with Crippen LogP contribution in [0.25, 0.3) is 0 Å². The number of carbonyl (C=O) groups is 1. The van der Waals surface area contributed by atoms with Gasteiger partial charge in [0.05, 0.1) is 24.0 Å². The molecule has 0 aliphatic rings. The smallest absolute Gasteiger partial charge is 0.337 e. The average Bonchev–Trinajstić information content (AvgIpc) is 2.36. The number of hydrogen-bond donors (Lipinski definition) is 2. The summed E-state index contributed by atoms with van der Waals surface area (Å²) in [6.07, 6.45) is 2.06. The van der Waals surface area contributed by atoms with Crippen LogP contribution in [0.2, 0.25) is 0 Å². The predicted octanol–water partition coefficient (Wildman–Crippen LogP) is 2.22. The average molecular weight is 254 g/mol. The number of esters is 1. The zero-order chi connectivity index (χ0) is 12.8. The monoisotopic (exact) mass is 254 g/mol. The lowest BCUT2D eigenvalue weighted by molar-refractivity contribution is 0.0601. The van der Waals surface area contributed by atoms with Gasteiger partial charge in [-0.25, -0.2) is 4.79 Å². The topological polar surface area (TPSA) is 64.3 Å². The highest BCUT2D eigenvalue weighted by molar-refractivity contribution is 7.99. The minimum atomic E-state index is -0.356. The van der Waals surface area contributed by atoms with E-state index in [-0.39, 0.29) is 5.97 Å². The lowest BCUT2D eigenvalue weighted by atomic mass is 10.1. The Kier molecular flexibility index (Phi) is 5.15. The van der Waals surface area contributed by atoms with Crippen molar-refractivity contribution in [2.24, 2.45) is 0 Å². The third-order valence-electron chi connectivity index (χ3n) is 2.46. The van der Waals surface area contributed by atoms with Crippen molar-refractivity contribution in [3.05, 3.63) is 23.8 Å². The Hall–Kier alpha value is -1.36.